The molecule has 2 atom stereocenters. The van der Waals surface area contributed by atoms with Crippen molar-refractivity contribution in [1.29, 1.82) is 0 Å². The maximum absolute atomic E-state index is 13.5. The molecule has 8 rings (SSSR count). The average molecular weight is 1120 g/mol. The topological polar surface area (TPSA) is 224 Å². The number of ether oxygens (including phenoxy) is 3. The number of carbonyl (C=O) groups excluding carboxylic acids is 6. The van der Waals surface area contributed by atoms with E-state index in [9.17, 15) is 33.9 Å². The molecule has 6 aromatic carbocycles. The number of halogens is 1. The molecule has 5 N–H and O–H groups in total. The van der Waals surface area contributed by atoms with Gasteiger partial charge in [-0.25, -0.2) is 14.4 Å². The average Bonchev–Trinajstić information content (AvgIpc) is 3.48. The predicted molar refractivity (Wildman–Crippen MR) is 315 cm³/mol. The van der Waals surface area contributed by atoms with E-state index in [0.29, 0.717) is 28.1 Å². The highest BCUT2D eigenvalue weighted by atomic mass is 35.5. The van der Waals surface area contributed by atoms with Gasteiger partial charge in [0, 0.05) is 65.6 Å². The second kappa shape index (κ2) is 28.8. The van der Waals surface area contributed by atoms with Crippen molar-refractivity contribution in [2.24, 2.45) is 0 Å². The smallest absolute Gasteiger partial charge is 0.407 e. The first-order valence-corrected chi connectivity index (χ1v) is 26.4. The minimum absolute atomic E-state index is 0.0276. The molecular weight excluding hydrogens is 1050 g/mol. The molecule has 0 saturated carbocycles. The number of esters is 1. The lowest BCUT2D eigenvalue weighted by Crippen LogP contribution is -2.37. The third kappa shape index (κ3) is 19.4. The van der Waals surface area contributed by atoms with Gasteiger partial charge in [-0.15, -0.1) is 0 Å². The van der Waals surface area contributed by atoms with Crippen molar-refractivity contribution >= 4 is 79.7 Å². The first kappa shape index (κ1) is 61.2. The van der Waals surface area contributed by atoms with Crippen LogP contribution in [0.25, 0.3) is 21.5 Å². The highest BCUT2D eigenvalue weighted by molar-refractivity contribution is 6.67. The first-order chi connectivity index (χ1) is 38.5. The predicted octanol–water partition coefficient (Wildman–Crippen LogP) is 12.5. The summed E-state index contributed by atoms with van der Waals surface area (Å²) in [7, 11) is 0. The molecular formula is C64H67ClN6O10. The molecule has 0 aliphatic carbocycles. The van der Waals surface area contributed by atoms with E-state index in [1.807, 2.05) is 86.6 Å². The van der Waals surface area contributed by atoms with Crippen LogP contribution in [-0.4, -0.2) is 74.6 Å². The van der Waals surface area contributed by atoms with E-state index in [1.54, 1.807) is 139 Å². The monoisotopic (exact) mass is 1110 g/mol. The van der Waals surface area contributed by atoms with Gasteiger partial charge < -0.3 is 40.6 Å². The van der Waals surface area contributed by atoms with E-state index in [4.69, 9.17) is 25.8 Å². The number of aliphatic hydroxyl groups is 1. The first-order valence-electron chi connectivity index (χ1n) is 26.1. The highest BCUT2D eigenvalue weighted by Gasteiger charge is 2.26. The molecule has 2 heterocycles. The summed E-state index contributed by atoms with van der Waals surface area (Å²) in [4.78, 5) is 82.4. The number of benzene rings is 6. The Kier molecular flexibility index (Phi) is 21.7. The fourth-order valence-electron chi connectivity index (χ4n) is 8.03. The molecule has 420 valence electrons. The Morgan fingerprint density at radius 2 is 0.951 bits per heavy atom. The van der Waals surface area contributed by atoms with Crippen molar-refractivity contribution < 1.29 is 48.1 Å². The van der Waals surface area contributed by atoms with Crippen molar-refractivity contribution in [3.05, 3.63) is 215 Å². The number of aromatic nitrogens is 2. The number of pyridine rings is 2. The van der Waals surface area contributed by atoms with E-state index in [0.717, 1.165) is 49.4 Å². The number of rotatable bonds is 15. The van der Waals surface area contributed by atoms with E-state index in [2.05, 4.69) is 31.2 Å². The second-order valence-corrected chi connectivity index (χ2v) is 21.2. The zero-order chi connectivity index (χ0) is 58.7. The van der Waals surface area contributed by atoms with Gasteiger partial charge >= 0.3 is 18.2 Å². The Labute approximate surface area is 476 Å². The summed E-state index contributed by atoms with van der Waals surface area (Å²) in [5.74, 6) is -2.30. The van der Waals surface area contributed by atoms with Crippen molar-refractivity contribution in [2.45, 2.75) is 91.6 Å². The number of hydrogen-bond donors (Lipinski definition) is 5. The molecule has 4 amide bonds. The SMILES string of the molecule is CC(C)(C)OC(=O)NCC(C(=O)Nc1ccc2cnccc2c1)c1ccc(CO)cc1.Cc1ccccc1C(=O)Cl.Cc1ccccc1C(=O)OCc1ccc(C(CNC(=O)OC(C)(C)C)C(=O)Nc2ccc3cnccc3c2)cc1. The zero-order valence-electron chi connectivity index (χ0n) is 46.5. The third-order valence-corrected chi connectivity index (χ3v) is 12.4. The Morgan fingerprint density at radius 3 is 1.35 bits per heavy atom. The number of hydrogen-bond acceptors (Lipinski definition) is 12. The van der Waals surface area contributed by atoms with Gasteiger partial charge in [0.1, 0.15) is 17.8 Å². The number of nitrogens with zero attached hydrogens (tertiary/aromatic N) is 2. The number of anilines is 2. The normalized spacial score (nSPS) is 11.7. The summed E-state index contributed by atoms with van der Waals surface area (Å²) in [6.07, 6.45) is 5.72. The summed E-state index contributed by atoms with van der Waals surface area (Å²) < 4.78 is 16.1. The molecule has 0 aliphatic heterocycles. The fourth-order valence-corrected chi connectivity index (χ4v) is 8.24. The third-order valence-electron chi connectivity index (χ3n) is 12.2. The fraction of sp³-hybridized carbons (Fsp3) is 0.250. The minimum atomic E-state index is -0.704. The molecule has 0 saturated heterocycles. The second-order valence-electron chi connectivity index (χ2n) is 20.8. The van der Waals surface area contributed by atoms with Crippen LogP contribution in [0.2, 0.25) is 0 Å². The molecule has 81 heavy (non-hydrogen) atoms. The largest absolute Gasteiger partial charge is 0.457 e. The lowest BCUT2D eigenvalue weighted by molar-refractivity contribution is -0.118. The highest BCUT2D eigenvalue weighted by Crippen LogP contribution is 2.25. The molecule has 0 spiro atoms. The van der Waals surface area contributed by atoms with Gasteiger partial charge in [-0.3, -0.25) is 24.4 Å². The molecule has 17 heteroatoms. The van der Waals surface area contributed by atoms with Crippen LogP contribution in [0.5, 0.6) is 0 Å². The quantitative estimate of drug-likeness (QED) is 0.0367. The molecule has 16 nitrogen and oxygen atoms in total. The summed E-state index contributed by atoms with van der Waals surface area (Å²) in [5, 5.41) is 24.0. The lowest BCUT2D eigenvalue weighted by Gasteiger charge is -2.22. The van der Waals surface area contributed by atoms with Crippen LogP contribution < -0.4 is 21.3 Å². The molecule has 8 aromatic rings. The number of amides is 4. The van der Waals surface area contributed by atoms with Gasteiger partial charge in [0.25, 0.3) is 5.24 Å². The maximum Gasteiger partial charge on any atom is 0.407 e. The van der Waals surface area contributed by atoms with Gasteiger partial charge in [0.2, 0.25) is 11.8 Å². The standard InChI is InChI=1S/C32H33N3O5.C24H27N3O4.C8H7ClO/c1-21-7-5-6-8-27(21)30(37)39-20-22-9-11-23(12-10-22)28(19-34-31(38)40-32(2,3)4)29(36)35-26-14-13-25-18-33-16-15-24(25)17-26;1-24(2,3)31-23(30)26-14-21(17-6-4-16(15-28)5-7-17)22(29)27-20-9-8-19-13-25-11-10-18(19)12-20;1-6-4-2-3-5-7(6)8(9)10/h5-18,28H,19-20H2,1-4H3,(H,34,38)(H,35,36);4-13,21,28H,14-15H2,1-3H3,(H,26,30)(H,27,29);2-5H,1H3. The number of aliphatic hydroxyl groups excluding tert-OH is 1. The molecule has 0 radical (unpaired) electrons. The van der Waals surface area contributed by atoms with Gasteiger partial charge in [-0.2, -0.15) is 0 Å². The van der Waals surface area contributed by atoms with Crippen molar-refractivity contribution in [1.82, 2.24) is 20.6 Å². The lowest BCUT2D eigenvalue weighted by atomic mass is 9.96. The summed E-state index contributed by atoms with van der Waals surface area (Å²) in [6, 6.07) is 43.7. The van der Waals surface area contributed by atoms with Crippen LogP contribution in [-0.2, 0) is 37.0 Å². The summed E-state index contributed by atoms with van der Waals surface area (Å²) in [6.45, 7) is 14.5. The maximum atomic E-state index is 13.5. The zero-order valence-corrected chi connectivity index (χ0v) is 47.3. The molecule has 2 unspecified atom stereocenters. The number of fused-ring (bicyclic) bond motifs is 2. The molecule has 0 fully saturated rings. The number of carbonyl (C=O) groups is 6. The van der Waals surface area contributed by atoms with Crippen molar-refractivity contribution in [3.63, 3.8) is 0 Å². The van der Waals surface area contributed by atoms with E-state index >= 15 is 0 Å². The van der Waals surface area contributed by atoms with Gasteiger partial charge in [-0.05, 0) is 160 Å². The van der Waals surface area contributed by atoms with E-state index < -0.39 is 46.4 Å². The van der Waals surface area contributed by atoms with Crippen LogP contribution in [0.15, 0.2) is 170 Å². The summed E-state index contributed by atoms with van der Waals surface area (Å²) >= 11 is 5.27. The van der Waals surface area contributed by atoms with Crippen molar-refractivity contribution in [2.75, 3.05) is 23.7 Å². The minimum Gasteiger partial charge on any atom is -0.457 e. The van der Waals surface area contributed by atoms with Crippen molar-refractivity contribution in [3.8, 4) is 0 Å². The molecule has 2 aromatic heterocycles. The van der Waals surface area contributed by atoms with Gasteiger partial charge in [0.05, 0.1) is 24.0 Å². The van der Waals surface area contributed by atoms with E-state index in [1.165, 1.54) is 0 Å². The van der Waals surface area contributed by atoms with Gasteiger partial charge in [0.15, 0.2) is 0 Å². The van der Waals surface area contributed by atoms with Crippen LogP contribution >= 0.6 is 11.6 Å². The Bertz CT molecular complexity index is 3470. The Morgan fingerprint density at radius 1 is 0.531 bits per heavy atom. The van der Waals surface area contributed by atoms with Crippen LogP contribution in [0.4, 0.5) is 21.0 Å². The molecule has 0 bridgehead atoms. The van der Waals surface area contributed by atoms with E-state index in [-0.39, 0.29) is 38.1 Å². The Hall–Kier alpha value is -8.99. The number of alkyl carbamates (subject to hydrolysis) is 2. The van der Waals surface area contributed by atoms with Crippen LogP contribution in [0.3, 0.4) is 0 Å². The van der Waals surface area contributed by atoms with Crippen LogP contribution in [0, 0.1) is 13.8 Å². The van der Waals surface area contributed by atoms with Crippen LogP contribution in [0.1, 0.15) is 107 Å². The summed E-state index contributed by atoms with van der Waals surface area (Å²) in [5.41, 5.74) is 5.77. The number of aryl methyl sites for hydroxylation is 2. The Balaban J connectivity index is 0.000000227. The molecule has 0 aliphatic rings. The number of nitrogens with one attached hydrogen (secondary N) is 4. The van der Waals surface area contributed by atoms with Gasteiger partial charge in [-0.1, -0.05) is 97.1 Å².